The molecule has 17 heavy (non-hydrogen) atoms. The Labute approximate surface area is 109 Å². The van der Waals surface area contributed by atoms with Crippen molar-refractivity contribution in [3.63, 3.8) is 0 Å². The number of carboxylic acids is 1. The molecule has 0 aromatic heterocycles. The van der Waals surface area contributed by atoms with E-state index in [1.807, 2.05) is 24.3 Å². The van der Waals surface area contributed by atoms with Gasteiger partial charge in [-0.1, -0.05) is 34.1 Å². The molecule has 2 rings (SSSR count). The van der Waals surface area contributed by atoms with Crippen LogP contribution in [0.25, 0.3) is 0 Å². The van der Waals surface area contributed by atoms with Gasteiger partial charge in [-0.15, -0.1) is 0 Å². The van der Waals surface area contributed by atoms with Crippen LogP contribution in [0.2, 0.25) is 0 Å². The molecule has 1 heterocycles. The van der Waals surface area contributed by atoms with Crippen molar-refractivity contribution in [1.82, 2.24) is 0 Å². The molecule has 1 aliphatic rings. The summed E-state index contributed by atoms with van der Waals surface area (Å²) in [5, 5.41) is 9.43. The molecule has 0 spiro atoms. The van der Waals surface area contributed by atoms with E-state index in [0.29, 0.717) is 6.61 Å². The molecule has 0 saturated carbocycles. The van der Waals surface area contributed by atoms with Gasteiger partial charge in [-0.05, 0) is 30.4 Å². The number of hydrogen-bond donors (Lipinski definition) is 1. The van der Waals surface area contributed by atoms with Crippen molar-refractivity contribution in [1.29, 1.82) is 0 Å². The fourth-order valence-electron chi connectivity index (χ4n) is 2.34. The summed E-state index contributed by atoms with van der Waals surface area (Å²) in [6, 6.07) is 7.52. The molecule has 0 radical (unpaired) electrons. The molecular weight excluding hydrogens is 284 g/mol. The zero-order valence-corrected chi connectivity index (χ0v) is 11.0. The summed E-state index contributed by atoms with van der Waals surface area (Å²) in [5.41, 5.74) is 0.843. The van der Waals surface area contributed by atoms with Gasteiger partial charge >= 0.3 is 5.97 Å². The van der Waals surface area contributed by atoms with Gasteiger partial charge in [-0.25, -0.2) is 0 Å². The van der Waals surface area contributed by atoms with Crippen LogP contribution in [0, 0.1) is 5.92 Å². The van der Waals surface area contributed by atoms with Crippen molar-refractivity contribution in [2.45, 2.75) is 18.8 Å². The average molecular weight is 299 g/mol. The van der Waals surface area contributed by atoms with Gasteiger partial charge < -0.3 is 9.84 Å². The highest BCUT2D eigenvalue weighted by molar-refractivity contribution is 9.10. The highest BCUT2D eigenvalue weighted by atomic mass is 79.9. The molecule has 1 fully saturated rings. The van der Waals surface area contributed by atoms with Crippen LogP contribution in [0.1, 0.15) is 24.3 Å². The lowest BCUT2D eigenvalue weighted by atomic mass is 9.83. The highest BCUT2D eigenvalue weighted by Crippen LogP contribution is 2.34. The molecule has 2 atom stereocenters. The van der Waals surface area contributed by atoms with Crippen molar-refractivity contribution in [2.75, 3.05) is 13.2 Å². The zero-order chi connectivity index (χ0) is 12.3. The Morgan fingerprint density at radius 2 is 2.24 bits per heavy atom. The topological polar surface area (TPSA) is 46.5 Å². The lowest BCUT2D eigenvalue weighted by Gasteiger charge is -2.28. The normalized spacial score (nSPS) is 22.1. The van der Waals surface area contributed by atoms with Crippen LogP contribution in [0.4, 0.5) is 0 Å². The summed E-state index contributed by atoms with van der Waals surface area (Å²) < 4.78 is 6.26. The largest absolute Gasteiger partial charge is 0.481 e. The minimum Gasteiger partial charge on any atom is -0.481 e. The van der Waals surface area contributed by atoms with Gasteiger partial charge in [0.2, 0.25) is 0 Å². The van der Waals surface area contributed by atoms with E-state index in [2.05, 4.69) is 15.9 Å². The molecule has 1 N–H and O–H groups in total. The number of aliphatic carboxylic acids is 1. The van der Waals surface area contributed by atoms with Crippen LogP contribution >= 0.6 is 15.9 Å². The van der Waals surface area contributed by atoms with E-state index in [0.717, 1.165) is 29.5 Å². The quantitative estimate of drug-likeness (QED) is 0.933. The van der Waals surface area contributed by atoms with E-state index in [4.69, 9.17) is 4.74 Å². The van der Waals surface area contributed by atoms with Gasteiger partial charge in [0.25, 0.3) is 0 Å². The molecule has 92 valence electrons. The van der Waals surface area contributed by atoms with Crippen molar-refractivity contribution in [2.24, 2.45) is 5.92 Å². The summed E-state index contributed by atoms with van der Waals surface area (Å²) in [6.07, 6.45) is 1.86. The second-order valence-electron chi connectivity index (χ2n) is 4.31. The Hall–Kier alpha value is -0.870. The van der Waals surface area contributed by atoms with E-state index >= 15 is 0 Å². The monoisotopic (exact) mass is 298 g/mol. The minimum atomic E-state index is -0.771. The average Bonchev–Trinajstić information content (AvgIpc) is 2.33. The third kappa shape index (κ3) is 2.87. The van der Waals surface area contributed by atoms with Crippen LogP contribution in [0.3, 0.4) is 0 Å². The lowest BCUT2D eigenvalue weighted by molar-refractivity contribution is -0.141. The number of halogens is 1. The maximum Gasteiger partial charge on any atom is 0.311 e. The molecule has 0 bridgehead atoms. The maximum atomic E-state index is 11.5. The first-order chi connectivity index (χ1) is 8.20. The Morgan fingerprint density at radius 1 is 1.47 bits per heavy atom. The van der Waals surface area contributed by atoms with Gasteiger partial charge in [-0.3, -0.25) is 4.79 Å². The molecule has 1 aromatic rings. The van der Waals surface area contributed by atoms with Gasteiger partial charge in [-0.2, -0.15) is 0 Å². The molecule has 4 heteroatoms. The number of hydrogen-bond acceptors (Lipinski definition) is 2. The maximum absolute atomic E-state index is 11.5. The van der Waals surface area contributed by atoms with E-state index in [9.17, 15) is 9.90 Å². The molecular formula is C13H15BrO3. The second-order valence-corrected chi connectivity index (χ2v) is 5.17. The van der Waals surface area contributed by atoms with Gasteiger partial charge in [0.15, 0.2) is 0 Å². The Morgan fingerprint density at radius 3 is 2.82 bits per heavy atom. The molecule has 1 aromatic carbocycles. The number of carbonyl (C=O) groups is 1. The fraction of sp³-hybridized carbons (Fsp3) is 0.462. The summed E-state index contributed by atoms with van der Waals surface area (Å²) in [7, 11) is 0. The minimum absolute atomic E-state index is 0.0694. The fourth-order valence-corrected chi connectivity index (χ4v) is 2.88. The number of carboxylic acid groups (broad SMARTS) is 1. The van der Waals surface area contributed by atoms with Crippen LogP contribution in [0.15, 0.2) is 28.7 Å². The van der Waals surface area contributed by atoms with Crippen molar-refractivity contribution < 1.29 is 14.6 Å². The van der Waals surface area contributed by atoms with E-state index < -0.39 is 11.9 Å². The van der Waals surface area contributed by atoms with Crippen LogP contribution in [-0.2, 0) is 9.53 Å². The zero-order valence-electron chi connectivity index (χ0n) is 9.43. The Kier molecular flexibility index (Phi) is 4.18. The summed E-state index contributed by atoms with van der Waals surface area (Å²) in [5.74, 6) is -1.18. The second kappa shape index (κ2) is 5.65. The standard InChI is InChI=1S/C13H15BrO3/c14-11-6-2-1-5-10(11)12(13(15)16)9-4-3-7-17-8-9/h1-2,5-6,9,12H,3-4,7-8H2,(H,15,16). The van der Waals surface area contributed by atoms with Gasteiger partial charge in [0.05, 0.1) is 12.5 Å². The van der Waals surface area contributed by atoms with Gasteiger partial charge in [0.1, 0.15) is 0 Å². The van der Waals surface area contributed by atoms with Gasteiger partial charge in [0, 0.05) is 11.1 Å². The lowest BCUT2D eigenvalue weighted by Crippen LogP contribution is -2.29. The van der Waals surface area contributed by atoms with E-state index in [1.165, 1.54) is 0 Å². The smallest absolute Gasteiger partial charge is 0.311 e. The SMILES string of the molecule is O=C(O)C(c1ccccc1Br)C1CCCOC1. The van der Waals surface area contributed by atoms with Crippen LogP contribution in [-0.4, -0.2) is 24.3 Å². The third-order valence-corrected chi connectivity index (χ3v) is 3.90. The Bertz CT molecular complexity index is 399. The number of rotatable bonds is 3. The summed E-state index contributed by atoms with van der Waals surface area (Å²) in [6.45, 7) is 1.29. The summed E-state index contributed by atoms with van der Waals surface area (Å²) in [4.78, 5) is 11.5. The molecule has 1 saturated heterocycles. The summed E-state index contributed by atoms with van der Waals surface area (Å²) >= 11 is 3.43. The highest BCUT2D eigenvalue weighted by Gasteiger charge is 2.32. The molecule has 3 nitrogen and oxygen atoms in total. The van der Waals surface area contributed by atoms with Crippen LogP contribution < -0.4 is 0 Å². The molecule has 1 aliphatic heterocycles. The molecule has 0 amide bonds. The third-order valence-electron chi connectivity index (χ3n) is 3.17. The van der Waals surface area contributed by atoms with Crippen molar-refractivity contribution in [3.8, 4) is 0 Å². The van der Waals surface area contributed by atoms with Crippen LogP contribution in [0.5, 0.6) is 0 Å². The first-order valence-electron chi connectivity index (χ1n) is 5.75. The Balaban J connectivity index is 2.28. The first kappa shape index (κ1) is 12.6. The van der Waals surface area contributed by atoms with E-state index in [-0.39, 0.29) is 5.92 Å². The molecule has 2 unspecified atom stereocenters. The number of ether oxygens (including phenoxy) is 1. The van der Waals surface area contributed by atoms with Crippen molar-refractivity contribution >= 4 is 21.9 Å². The van der Waals surface area contributed by atoms with E-state index in [1.54, 1.807) is 0 Å². The molecule has 0 aliphatic carbocycles. The first-order valence-corrected chi connectivity index (χ1v) is 6.54. The predicted molar refractivity (Wildman–Crippen MR) is 68.1 cm³/mol. The van der Waals surface area contributed by atoms with Crippen molar-refractivity contribution in [3.05, 3.63) is 34.3 Å². The predicted octanol–water partition coefficient (Wildman–Crippen LogP) is 3.04. The number of benzene rings is 1.